The molecular formula is C15H21N3O. The molecule has 0 saturated heterocycles. The highest BCUT2D eigenvalue weighted by molar-refractivity contribution is 5.96. The number of nitrogens with zero attached hydrogens (tertiary/aromatic N) is 1. The van der Waals surface area contributed by atoms with Crippen LogP contribution in [0.15, 0.2) is 12.1 Å². The van der Waals surface area contributed by atoms with Gasteiger partial charge in [-0.3, -0.25) is 10.8 Å². The van der Waals surface area contributed by atoms with Crippen molar-refractivity contribution in [1.82, 2.24) is 4.98 Å². The molecule has 0 aliphatic rings. The third kappa shape index (κ3) is 2.24. The van der Waals surface area contributed by atoms with E-state index in [4.69, 9.17) is 15.6 Å². The molecule has 0 fully saturated rings. The van der Waals surface area contributed by atoms with Gasteiger partial charge in [0.05, 0.1) is 18.3 Å². The Bertz CT molecular complexity index is 621. The van der Waals surface area contributed by atoms with Gasteiger partial charge in [0.2, 0.25) is 0 Å². The highest BCUT2D eigenvalue weighted by Crippen LogP contribution is 2.36. The maximum absolute atomic E-state index is 5.75. The van der Waals surface area contributed by atoms with E-state index in [0.29, 0.717) is 5.92 Å². The minimum absolute atomic E-state index is 0.356. The molecule has 1 aromatic carbocycles. The standard InChI is InChI=1S/C15H21N3O/c1-8(2)13-10(4)17-14-9(3)6-11(19-5)7-12(14)15(13)18-16/h6-8H,16H2,1-5H3,(H,17,18). The summed E-state index contributed by atoms with van der Waals surface area (Å²) in [7, 11) is 1.67. The third-order valence-electron chi connectivity index (χ3n) is 3.44. The summed E-state index contributed by atoms with van der Waals surface area (Å²) in [5, 5.41) is 1.01. The van der Waals surface area contributed by atoms with Gasteiger partial charge in [-0.1, -0.05) is 13.8 Å². The number of aryl methyl sites for hydroxylation is 2. The molecule has 0 radical (unpaired) electrons. The zero-order valence-corrected chi connectivity index (χ0v) is 12.2. The number of methoxy groups -OCH3 is 1. The quantitative estimate of drug-likeness (QED) is 0.656. The molecule has 4 nitrogen and oxygen atoms in total. The van der Waals surface area contributed by atoms with Gasteiger partial charge >= 0.3 is 0 Å². The topological polar surface area (TPSA) is 60.2 Å². The Kier molecular flexibility index (Phi) is 3.62. The monoisotopic (exact) mass is 259 g/mol. The van der Waals surface area contributed by atoms with Crippen LogP contribution in [0.1, 0.15) is 36.6 Å². The molecule has 4 heteroatoms. The Hall–Kier alpha value is -1.81. The van der Waals surface area contributed by atoms with Gasteiger partial charge in [-0.15, -0.1) is 0 Å². The second kappa shape index (κ2) is 5.05. The average molecular weight is 259 g/mol. The van der Waals surface area contributed by atoms with Crippen LogP contribution in [-0.2, 0) is 0 Å². The molecule has 0 amide bonds. The second-order valence-electron chi connectivity index (χ2n) is 5.13. The van der Waals surface area contributed by atoms with Gasteiger partial charge in [-0.2, -0.15) is 0 Å². The molecule has 0 spiro atoms. The molecule has 2 rings (SSSR count). The number of nitrogens with two attached hydrogens (primary N) is 1. The van der Waals surface area contributed by atoms with E-state index in [1.54, 1.807) is 7.11 Å². The fourth-order valence-corrected chi connectivity index (χ4v) is 2.62. The zero-order valence-electron chi connectivity index (χ0n) is 12.2. The van der Waals surface area contributed by atoms with E-state index in [1.807, 2.05) is 26.0 Å². The first-order chi connectivity index (χ1) is 8.99. The Balaban J connectivity index is 2.90. The van der Waals surface area contributed by atoms with Gasteiger partial charge in [0.25, 0.3) is 0 Å². The van der Waals surface area contributed by atoms with E-state index in [1.165, 1.54) is 0 Å². The highest BCUT2D eigenvalue weighted by Gasteiger charge is 2.16. The number of pyridine rings is 1. The first-order valence-corrected chi connectivity index (χ1v) is 6.45. The van der Waals surface area contributed by atoms with Crippen LogP contribution in [0.5, 0.6) is 5.75 Å². The maximum atomic E-state index is 5.75. The van der Waals surface area contributed by atoms with Crippen LogP contribution in [0.2, 0.25) is 0 Å². The Morgan fingerprint density at radius 2 is 1.95 bits per heavy atom. The summed E-state index contributed by atoms with van der Waals surface area (Å²) in [4.78, 5) is 4.73. The molecule has 0 atom stereocenters. The lowest BCUT2D eigenvalue weighted by molar-refractivity contribution is 0.415. The van der Waals surface area contributed by atoms with E-state index in [9.17, 15) is 0 Å². The summed E-state index contributed by atoms with van der Waals surface area (Å²) < 4.78 is 5.34. The van der Waals surface area contributed by atoms with Crippen LogP contribution in [-0.4, -0.2) is 12.1 Å². The van der Waals surface area contributed by atoms with Crippen molar-refractivity contribution in [3.8, 4) is 5.75 Å². The number of hydrazine groups is 1. The molecule has 1 aromatic heterocycles. The van der Waals surface area contributed by atoms with Crippen molar-refractivity contribution in [2.24, 2.45) is 5.84 Å². The Morgan fingerprint density at radius 1 is 1.26 bits per heavy atom. The molecule has 0 aliphatic heterocycles. The smallest absolute Gasteiger partial charge is 0.119 e. The Labute approximate surface area is 113 Å². The molecule has 2 aromatic rings. The molecular weight excluding hydrogens is 238 g/mol. The van der Waals surface area contributed by atoms with E-state index in [0.717, 1.165) is 39.2 Å². The lowest BCUT2D eigenvalue weighted by Crippen LogP contribution is -2.13. The lowest BCUT2D eigenvalue weighted by atomic mass is 9.96. The van der Waals surface area contributed by atoms with Gasteiger partial charge in [-0.05, 0) is 37.5 Å². The molecule has 0 saturated carbocycles. The van der Waals surface area contributed by atoms with Crippen molar-refractivity contribution in [2.45, 2.75) is 33.6 Å². The van der Waals surface area contributed by atoms with E-state index >= 15 is 0 Å². The predicted molar refractivity (Wildman–Crippen MR) is 79.7 cm³/mol. The number of hydrogen-bond donors (Lipinski definition) is 2. The summed E-state index contributed by atoms with van der Waals surface area (Å²) in [6.07, 6.45) is 0. The van der Waals surface area contributed by atoms with Crippen LogP contribution in [0.4, 0.5) is 5.69 Å². The normalized spacial score (nSPS) is 11.1. The molecule has 102 valence electrons. The highest BCUT2D eigenvalue weighted by atomic mass is 16.5. The van der Waals surface area contributed by atoms with Gasteiger partial charge in [0.15, 0.2) is 0 Å². The van der Waals surface area contributed by atoms with Crippen molar-refractivity contribution in [3.05, 3.63) is 29.0 Å². The fraction of sp³-hybridized carbons (Fsp3) is 0.400. The number of ether oxygens (including phenoxy) is 1. The van der Waals surface area contributed by atoms with Gasteiger partial charge in [0.1, 0.15) is 5.75 Å². The number of fused-ring (bicyclic) bond motifs is 1. The number of anilines is 1. The van der Waals surface area contributed by atoms with Gasteiger partial charge < -0.3 is 10.2 Å². The first kappa shape index (κ1) is 13.6. The van der Waals surface area contributed by atoms with Gasteiger partial charge in [-0.25, -0.2) is 0 Å². The third-order valence-corrected chi connectivity index (χ3v) is 3.44. The summed E-state index contributed by atoms with van der Waals surface area (Å²) in [5.41, 5.74) is 8.02. The molecule has 0 aliphatic carbocycles. The Morgan fingerprint density at radius 3 is 2.47 bits per heavy atom. The van der Waals surface area contributed by atoms with Crippen molar-refractivity contribution < 1.29 is 4.74 Å². The fourth-order valence-electron chi connectivity index (χ4n) is 2.62. The number of hydrogen-bond acceptors (Lipinski definition) is 4. The van der Waals surface area contributed by atoms with Crippen molar-refractivity contribution in [1.29, 1.82) is 0 Å². The SMILES string of the molecule is COc1cc(C)c2nc(C)c(C(C)C)c(NN)c2c1. The number of nitrogen functional groups attached to an aromatic ring is 1. The molecule has 3 N–H and O–H groups in total. The number of aromatic nitrogens is 1. The van der Waals surface area contributed by atoms with E-state index in [2.05, 4.69) is 19.3 Å². The minimum Gasteiger partial charge on any atom is -0.497 e. The number of benzene rings is 1. The summed E-state index contributed by atoms with van der Waals surface area (Å²) in [5.74, 6) is 6.92. The minimum atomic E-state index is 0.356. The van der Waals surface area contributed by atoms with Crippen molar-refractivity contribution in [2.75, 3.05) is 12.5 Å². The van der Waals surface area contributed by atoms with Crippen LogP contribution < -0.4 is 16.0 Å². The average Bonchev–Trinajstić information content (AvgIpc) is 2.37. The summed E-state index contributed by atoms with van der Waals surface area (Å²) >= 11 is 0. The molecule has 1 heterocycles. The molecule has 0 bridgehead atoms. The number of rotatable bonds is 3. The summed E-state index contributed by atoms with van der Waals surface area (Å²) in [6, 6.07) is 3.97. The molecule has 19 heavy (non-hydrogen) atoms. The van der Waals surface area contributed by atoms with E-state index in [-0.39, 0.29) is 0 Å². The van der Waals surface area contributed by atoms with Crippen LogP contribution in [0.3, 0.4) is 0 Å². The second-order valence-corrected chi connectivity index (χ2v) is 5.13. The lowest BCUT2D eigenvalue weighted by Gasteiger charge is -2.19. The predicted octanol–water partition coefficient (Wildman–Crippen LogP) is 3.27. The maximum Gasteiger partial charge on any atom is 0.119 e. The zero-order chi connectivity index (χ0) is 14.2. The van der Waals surface area contributed by atoms with Gasteiger partial charge in [0, 0.05) is 16.6 Å². The molecule has 0 unspecified atom stereocenters. The van der Waals surface area contributed by atoms with Crippen molar-refractivity contribution >= 4 is 16.6 Å². The largest absolute Gasteiger partial charge is 0.497 e. The summed E-state index contributed by atoms with van der Waals surface area (Å²) in [6.45, 7) is 8.35. The van der Waals surface area contributed by atoms with Crippen LogP contribution in [0, 0.1) is 13.8 Å². The number of nitrogens with one attached hydrogen (secondary N) is 1. The first-order valence-electron chi connectivity index (χ1n) is 6.45. The van der Waals surface area contributed by atoms with Crippen molar-refractivity contribution in [3.63, 3.8) is 0 Å². The van der Waals surface area contributed by atoms with Crippen LogP contribution >= 0.6 is 0 Å². The van der Waals surface area contributed by atoms with E-state index < -0.39 is 0 Å². The van der Waals surface area contributed by atoms with Crippen LogP contribution in [0.25, 0.3) is 10.9 Å².